The Morgan fingerprint density at radius 3 is 2.17 bits per heavy atom. The Hall–Kier alpha value is -2.37. The summed E-state index contributed by atoms with van der Waals surface area (Å²) >= 11 is 0. The van der Waals surface area contributed by atoms with E-state index in [4.69, 9.17) is 14.2 Å². The summed E-state index contributed by atoms with van der Waals surface area (Å²) in [5, 5.41) is 0. The normalized spacial score (nSPS) is 11.5. The Labute approximate surface area is 142 Å². The van der Waals surface area contributed by atoms with Crippen molar-refractivity contribution in [3.8, 4) is 11.5 Å². The smallest absolute Gasteiger partial charge is 0.313 e. The van der Waals surface area contributed by atoms with Gasteiger partial charge in [-0.25, -0.2) is 0 Å². The highest BCUT2D eigenvalue weighted by atomic mass is 16.6. The maximum Gasteiger partial charge on any atom is 0.313 e. The van der Waals surface area contributed by atoms with E-state index in [-0.39, 0.29) is 17.5 Å². The summed E-state index contributed by atoms with van der Waals surface area (Å²) < 4.78 is 15.4. The second-order valence-corrected chi connectivity index (χ2v) is 5.38. The number of ether oxygens (including phenoxy) is 3. The molecule has 0 saturated carbocycles. The highest BCUT2D eigenvalue weighted by Gasteiger charge is 2.22. The third-order valence-corrected chi connectivity index (χ3v) is 3.31. The SMILES string of the molecule is CCCCOC(=O)C(CC)c1ccc(OC(C)=O)c(OC(C)=O)c1. The molecule has 0 aliphatic carbocycles. The van der Waals surface area contributed by atoms with Crippen LogP contribution < -0.4 is 9.47 Å². The van der Waals surface area contributed by atoms with Gasteiger partial charge in [0.25, 0.3) is 0 Å². The quantitative estimate of drug-likeness (QED) is 0.411. The second-order valence-electron chi connectivity index (χ2n) is 5.38. The molecule has 1 rings (SSSR count). The van der Waals surface area contributed by atoms with Crippen LogP contribution in [-0.2, 0) is 19.1 Å². The molecule has 0 radical (unpaired) electrons. The standard InChI is InChI=1S/C18H24O6/c1-5-7-10-22-18(21)15(6-2)14-8-9-16(23-12(3)19)17(11-14)24-13(4)20/h8-9,11,15H,5-7,10H2,1-4H3. The molecule has 1 atom stereocenters. The van der Waals surface area contributed by atoms with Crippen LogP contribution in [0.3, 0.4) is 0 Å². The van der Waals surface area contributed by atoms with Gasteiger partial charge in [0.05, 0.1) is 12.5 Å². The number of carbonyl (C=O) groups is 3. The molecule has 0 aliphatic heterocycles. The predicted molar refractivity (Wildman–Crippen MR) is 88.0 cm³/mol. The molecule has 1 aromatic carbocycles. The summed E-state index contributed by atoms with van der Waals surface area (Å²) in [5.74, 6) is -1.62. The molecule has 0 aliphatic rings. The average molecular weight is 336 g/mol. The lowest BCUT2D eigenvalue weighted by Gasteiger charge is -2.17. The van der Waals surface area contributed by atoms with Crippen molar-refractivity contribution in [3.05, 3.63) is 23.8 Å². The van der Waals surface area contributed by atoms with E-state index in [0.717, 1.165) is 12.8 Å². The molecule has 0 aromatic heterocycles. The van der Waals surface area contributed by atoms with E-state index in [2.05, 4.69) is 0 Å². The van der Waals surface area contributed by atoms with Crippen molar-refractivity contribution in [2.45, 2.75) is 52.9 Å². The van der Waals surface area contributed by atoms with Gasteiger partial charge in [0.15, 0.2) is 11.5 Å². The van der Waals surface area contributed by atoms with Crippen LogP contribution >= 0.6 is 0 Å². The minimum Gasteiger partial charge on any atom is -0.465 e. The van der Waals surface area contributed by atoms with E-state index < -0.39 is 17.9 Å². The van der Waals surface area contributed by atoms with Crippen LogP contribution in [-0.4, -0.2) is 24.5 Å². The molecule has 0 saturated heterocycles. The molecule has 24 heavy (non-hydrogen) atoms. The van der Waals surface area contributed by atoms with Gasteiger partial charge in [-0.3, -0.25) is 14.4 Å². The van der Waals surface area contributed by atoms with E-state index in [1.54, 1.807) is 6.07 Å². The fourth-order valence-electron chi connectivity index (χ4n) is 2.17. The number of rotatable bonds is 8. The molecule has 0 spiro atoms. The van der Waals surface area contributed by atoms with Crippen LogP contribution in [0.5, 0.6) is 11.5 Å². The summed E-state index contributed by atoms with van der Waals surface area (Å²) in [6, 6.07) is 4.71. The monoisotopic (exact) mass is 336 g/mol. The Kier molecular flexibility index (Phi) is 7.95. The van der Waals surface area contributed by atoms with E-state index in [1.807, 2.05) is 13.8 Å². The van der Waals surface area contributed by atoms with Crippen molar-refractivity contribution in [2.75, 3.05) is 6.61 Å². The zero-order valence-electron chi connectivity index (χ0n) is 14.6. The van der Waals surface area contributed by atoms with Crippen molar-refractivity contribution in [1.29, 1.82) is 0 Å². The molecular weight excluding hydrogens is 312 g/mol. The Morgan fingerprint density at radius 2 is 1.62 bits per heavy atom. The fourth-order valence-corrected chi connectivity index (χ4v) is 2.17. The molecule has 0 heterocycles. The molecule has 6 nitrogen and oxygen atoms in total. The van der Waals surface area contributed by atoms with Crippen molar-refractivity contribution < 1.29 is 28.6 Å². The van der Waals surface area contributed by atoms with Gasteiger partial charge in [0, 0.05) is 13.8 Å². The average Bonchev–Trinajstić information content (AvgIpc) is 2.49. The van der Waals surface area contributed by atoms with Crippen LogP contribution in [0.1, 0.15) is 58.4 Å². The zero-order valence-corrected chi connectivity index (χ0v) is 14.6. The van der Waals surface area contributed by atoms with Gasteiger partial charge in [-0.1, -0.05) is 26.3 Å². The summed E-state index contributed by atoms with van der Waals surface area (Å²) in [7, 11) is 0. The molecular formula is C18H24O6. The first-order valence-corrected chi connectivity index (χ1v) is 8.06. The lowest BCUT2D eigenvalue weighted by molar-refractivity contribution is -0.145. The molecule has 0 N–H and O–H groups in total. The molecule has 1 aromatic rings. The van der Waals surface area contributed by atoms with Crippen LogP contribution in [0.4, 0.5) is 0 Å². The first-order chi connectivity index (χ1) is 11.4. The third kappa shape index (κ3) is 6.02. The number of esters is 3. The third-order valence-electron chi connectivity index (χ3n) is 3.31. The van der Waals surface area contributed by atoms with Gasteiger partial charge in [0.2, 0.25) is 0 Å². The first-order valence-electron chi connectivity index (χ1n) is 8.06. The number of hydrogen-bond donors (Lipinski definition) is 0. The minimum atomic E-state index is -0.542. The lowest BCUT2D eigenvalue weighted by atomic mass is 9.96. The van der Waals surface area contributed by atoms with Gasteiger partial charge in [0.1, 0.15) is 0 Å². The predicted octanol–water partition coefficient (Wildman–Crippen LogP) is 3.37. The van der Waals surface area contributed by atoms with Crippen molar-refractivity contribution in [2.24, 2.45) is 0 Å². The molecule has 132 valence electrons. The Balaban J connectivity index is 3.05. The maximum atomic E-state index is 12.2. The summed E-state index contributed by atoms with van der Waals surface area (Å²) in [4.78, 5) is 34.6. The highest BCUT2D eigenvalue weighted by Crippen LogP contribution is 2.33. The maximum absolute atomic E-state index is 12.2. The summed E-state index contributed by atoms with van der Waals surface area (Å²) in [6.07, 6.45) is 2.29. The van der Waals surface area contributed by atoms with Crippen LogP contribution in [0.2, 0.25) is 0 Å². The van der Waals surface area contributed by atoms with Gasteiger partial charge >= 0.3 is 17.9 Å². The molecule has 1 unspecified atom stereocenters. The first kappa shape index (κ1) is 19.7. The van der Waals surface area contributed by atoms with Gasteiger partial charge < -0.3 is 14.2 Å². The summed E-state index contributed by atoms with van der Waals surface area (Å²) in [6.45, 7) is 6.78. The topological polar surface area (TPSA) is 78.9 Å². The van der Waals surface area contributed by atoms with Crippen molar-refractivity contribution in [3.63, 3.8) is 0 Å². The van der Waals surface area contributed by atoms with E-state index in [9.17, 15) is 14.4 Å². The van der Waals surface area contributed by atoms with Gasteiger partial charge in [-0.2, -0.15) is 0 Å². The van der Waals surface area contributed by atoms with E-state index >= 15 is 0 Å². The molecule has 0 bridgehead atoms. The lowest BCUT2D eigenvalue weighted by Crippen LogP contribution is -2.16. The Bertz CT molecular complexity index is 593. The summed E-state index contributed by atoms with van der Waals surface area (Å²) in [5.41, 5.74) is 0.645. The number of unbranched alkanes of at least 4 members (excludes halogenated alkanes) is 1. The second kappa shape index (κ2) is 9.70. The van der Waals surface area contributed by atoms with Crippen molar-refractivity contribution >= 4 is 17.9 Å². The number of hydrogen-bond acceptors (Lipinski definition) is 6. The molecule has 0 fully saturated rings. The molecule has 6 heteroatoms. The van der Waals surface area contributed by atoms with E-state index in [1.165, 1.54) is 26.0 Å². The van der Waals surface area contributed by atoms with Gasteiger partial charge in [-0.15, -0.1) is 0 Å². The number of benzene rings is 1. The van der Waals surface area contributed by atoms with Crippen molar-refractivity contribution in [1.82, 2.24) is 0 Å². The largest absolute Gasteiger partial charge is 0.465 e. The van der Waals surface area contributed by atoms with Crippen LogP contribution in [0, 0.1) is 0 Å². The van der Waals surface area contributed by atoms with Crippen LogP contribution in [0.25, 0.3) is 0 Å². The van der Waals surface area contributed by atoms with Gasteiger partial charge in [-0.05, 0) is 30.5 Å². The fraction of sp³-hybridized carbons (Fsp3) is 0.500. The van der Waals surface area contributed by atoms with E-state index in [0.29, 0.717) is 18.6 Å². The van der Waals surface area contributed by atoms with Crippen LogP contribution in [0.15, 0.2) is 18.2 Å². The molecule has 0 amide bonds. The number of carbonyl (C=O) groups excluding carboxylic acids is 3. The zero-order chi connectivity index (χ0) is 18.1. The minimum absolute atomic E-state index is 0.106. The Morgan fingerprint density at radius 1 is 1.00 bits per heavy atom. The highest BCUT2D eigenvalue weighted by molar-refractivity contribution is 5.79.